The van der Waals surface area contributed by atoms with Crippen molar-refractivity contribution >= 4 is 45.8 Å². The number of nitrogens with one attached hydrogen (secondary N) is 1. The lowest BCUT2D eigenvalue weighted by atomic mass is 9.64. The second-order valence-corrected chi connectivity index (χ2v) is 12.0. The van der Waals surface area contributed by atoms with Gasteiger partial charge in [0, 0.05) is 22.5 Å². The van der Waals surface area contributed by atoms with Crippen molar-refractivity contribution in [2.45, 2.75) is 38.3 Å². The van der Waals surface area contributed by atoms with E-state index in [9.17, 15) is 14.4 Å². The third-order valence-corrected chi connectivity index (χ3v) is 9.67. The average molecular weight is 545 g/mol. The molecule has 7 rings (SSSR count). The zero-order chi connectivity index (χ0) is 27.8. The molecule has 4 atom stereocenters. The smallest absolute Gasteiger partial charge is 0.238 e. The van der Waals surface area contributed by atoms with Crippen molar-refractivity contribution in [3.8, 4) is 0 Å². The van der Waals surface area contributed by atoms with Crippen LogP contribution in [0, 0.1) is 19.8 Å². The van der Waals surface area contributed by atoms with Crippen LogP contribution in [0.5, 0.6) is 0 Å². The van der Waals surface area contributed by atoms with Gasteiger partial charge >= 0.3 is 0 Å². The molecule has 1 spiro atoms. The molecule has 6 heteroatoms. The van der Waals surface area contributed by atoms with Gasteiger partial charge in [0.05, 0.1) is 16.8 Å². The minimum atomic E-state index is -1.29. The van der Waals surface area contributed by atoms with E-state index >= 15 is 0 Å². The average Bonchev–Trinajstić information content (AvgIpc) is 3.66. The largest absolute Gasteiger partial charge is 0.352 e. The van der Waals surface area contributed by atoms with E-state index in [2.05, 4.69) is 22.4 Å². The van der Waals surface area contributed by atoms with E-state index in [1.165, 1.54) is 11.3 Å². The number of ketones is 2. The minimum absolute atomic E-state index is 0.140. The third kappa shape index (κ3) is 3.29. The Morgan fingerprint density at radius 3 is 2.38 bits per heavy atom. The normalized spacial score (nSPS) is 24.3. The van der Waals surface area contributed by atoms with Crippen molar-refractivity contribution in [1.82, 2.24) is 0 Å². The van der Waals surface area contributed by atoms with Crippen molar-refractivity contribution in [2.24, 2.45) is 5.92 Å². The highest BCUT2D eigenvalue weighted by atomic mass is 32.1. The van der Waals surface area contributed by atoms with Gasteiger partial charge in [0.15, 0.2) is 11.6 Å². The molecular weight excluding hydrogens is 516 g/mol. The number of hydrogen-bond acceptors (Lipinski definition) is 5. The summed E-state index contributed by atoms with van der Waals surface area (Å²) in [7, 11) is 0. The Hall–Kier alpha value is -4.29. The number of fused-ring (bicyclic) bond motifs is 6. The Kier molecular flexibility index (Phi) is 5.48. The Morgan fingerprint density at radius 1 is 0.875 bits per heavy atom. The molecule has 1 amide bonds. The van der Waals surface area contributed by atoms with E-state index in [1.54, 1.807) is 0 Å². The number of anilines is 2. The van der Waals surface area contributed by atoms with Crippen LogP contribution in [0.15, 0.2) is 90.3 Å². The predicted octanol–water partition coefficient (Wildman–Crippen LogP) is 6.61. The van der Waals surface area contributed by atoms with Gasteiger partial charge in [-0.15, -0.1) is 11.3 Å². The molecule has 1 aromatic heterocycles. The molecule has 3 aromatic carbocycles. The fourth-order valence-electron chi connectivity index (χ4n) is 7.01. The van der Waals surface area contributed by atoms with Crippen molar-refractivity contribution in [3.05, 3.63) is 123 Å². The number of allylic oxidation sites excluding steroid dienone is 1. The van der Waals surface area contributed by atoms with Gasteiger partial charge in [0.25, 0.3) is 0 Å². The number of hydrogen-bond donors (Lipinski definition) is 1. The SMILES string of the molecule is CC1=C[C@@H]2N(c3ccc(C)cc31)[C@H](C(=O)c1cccs1)[C@H](C(=O)c1ccc(C)cc1)[C@]21C(=O)Nc2ccccc21. The highest BCUT2D eigenvalue weighted by molar-refractivity contribution is 7.12. The predicted molar refractivity (Wildman–Crippen MR) is 159 cm³/mol. The van der Waals surface area contributed by atoms with Crippen LogP contribution in [0.2, 0.25) is 0 Å². The maximum absolute atomic E-state index is 14.8. The number of Topliss-reactive ketones (excluding diaryl/α,β-unsaturated/α-hetero) is 2. The van der Waals surface area contributed by atoms with Crippen LogP contribution in [0.25, 0.3) is 5.57 Å². The lowest BCUT2D eigenvalue weighted by molar-refractivity contribution is -0.121. The maximum atomic E-state index is 14.8. The number of thiophene rings is 1. The molecule has 1 fully saturated rings. The van der Waals surface area contributed by atoms with E-state index in [-0.39, 0.29) is 17.5 Å². The van der Waals surface area contributed by atoms with E-state index < -0.39 is 23.4 Å². The number of carbonyl (C=O) groups excluding carboxylic acids is 3. The first kappa shape index (κ1) is 24.7. The van der Waals surface area contributed by atoms with Gasteiger partial charge < -0.3 is 10.2 Å². The molecule has 5 nitrogen and oxygen atoms in total. The topological polar surface area (TPSA) is 66.5 Å². The molecule has 0 saturated carbocycles. The molecule has 198 valence electrons. The van der Waals surface area contributed by atoms with Crippen LogP contribution in [0.3, 0.4) is 0 Å². The van der Waals surface area contributed by atoms with Gasteiger partial charge in [-0.25, -0.2) is 0 Å². The van der Waals surface area contributed by atoms with Crippen molar-refractivity contribution in [3.63, 3.8) is 0 Å². The summed E-state index contributed by atoms with van der Waals surface area (Å²) in [6.07, 6.45) is 2.10. The van der Waals surface area contributed by atoms with Crippen LogP contribution >= 0.6 is 11.3 Å². The monoisotopic (exact) mass is 544 g/mol. The molecule has 0 aliphatic carbocycles. The van der Waals surface area contributed by atoms with Crippen LogP contribution in [0.4, 0.5) is 11.4 Å². The number of para-hydroxylation sites is 1. The summed E-state index contributed by atoms with van der Waals surface area (Å²) in [5.41, 5.74) is 5.74. The molecule has 0 unspecified atom stereocenters. The molecule has 3 aliphatic rings. The lowest BCUT2D eigenvalue weighted by Crippen LogP contribution is -2.51. The molecule has 3 aliphatic heterocycles. The van der Waals surface area contributed by atoms with Gasteiger partial charge in [-0.2, -0.15) is 0 Å². The maximum Gasteiger partial charge on any atom is 0.238 e. The molecule has 4 aromatic rings. The molecule has 0 radical (unpaired) electrons. The molecule has 4 heterocycles. The number of benzene rings is 3. The van der Waals surface area contributed by atoms with Gasteiger partial charge in [-0.05, 0) is 61.6 Å². The second-order valence-electron chi connectivity index (χ2n) is 11.1. The summed E-state index contributed by atoms with van der Waals surface area (Å²) in [4.78, 5) is 46.4. The molecule has 1 N–H and O–H groups in total. The van der Waals surface area contributed by atoms with Gasteiger partial charge in [0.2, 0.25) is 5.91 Å². The van der Waals surface area contributed by atoms with E-state index in [0.717, 1.165) is 33.5 Å². The van der Waals surface area contributed by atoms with E-state index in [0.29, 0.717) is 16.1 Å². The van der Waals surface area contributed by atoms with Crippen LogP contribution in [-0.2, 0) is 10.2 Å². The first-order valence-corrected chi connectivity index (χ1v) is 14.4. The molecule has 0 bridgehead atoms. The van der Waals surface area contributed by atoms with Crippen molar-refractivity contribution in [2.75, 3.05) is 10.2 Å². The highest BCUT2D eigenvalue weighted by Gasteiger charge is 2.70. The summed E-state index contributed by atoms with van der Waals surface area (Å²) in [5, 5.41) is 4.97. The standard InChI is InChI=1S/C34H28N2O3S/c1-19-10-13-22(14-11-19)31(37)29-30(32(38)27-9-6-16-40-27)36-26-15-12-20(2)17-23(26)21(3)18-28(36)34(29)24-7-4-5-8-25(24)35-33(34)39/h4-18,28-30H,1-3H3,(H,35,39)/t28-,29+,30-,34+/m0/s1. The van der Waals surface area contributed by atoms with Crippen LogP contribution in [0.1, 0.15) is 49.2 Å². The second kappa shape index (κ2) is 8.86. The summed E-state index contributed by atoms with van der Waals surface area (Å²) in [6, 6.07) is 23.5. The van der Waals surface area contributed by atoms with Crippen molar-refractivity contribution in [1.29, 1.82) is 0 Å². The lowest BCUT2D eigenvalue weighted by Gasteiger charge is -2.39. The Bertz CT molecular complexity index is 1740. The Labute approximate surface area is 237 Å². The minimum Gasteiger partial charge on any atom is -0.352 e. The van der Waals surface area contributed by atoms with Crippen LogP contribution in [-0.4, -0.2) is 29.6 Å². The summed E-state index contributed by atoms with van der Waals surface area (Å²) in [6.45, 7) is 6.07. The quantitative estimate of drug-likeness (QED) is 0.294. The summed E-state index contributed by atoms with van der Waals surface area (Å²) >= 11 is 1.37. The fraction of sp³-hybridized carbons (Fsp3) is 0.206. The Balaban J connectivity index is 1.56. The molecular formula is C34H28N2O3S. The molecule has 40 heavy (non-hydrogen) atoms. The number of rotatable bonds is 4. The number of nitrogens with zero attached hydrogens (tertiary/aromatic N) is 1. The molecule has 1 saturated heterocycles. The first-order chi connectivity index (χ1) is 19.3. The summed E-state index contributed by atoms with van der Waals surface area (Å²) in [5.74, 6) is -1.53. The van der Waals surface area contributed by atoms with E-state index in [1.807, 2.05) is 98.9 Å². The van der Waals surface area contributed by atoms with Crippen molar-refractivity contribution < 1.29 is 14.4 Å². The summed E-state index contributed by atoms with van der Waals surface area (Å²) < 4.78 is 0. The number of carbonyl (C=O) groups is 3. The van der Waals surface area contributed by atoms with E-state index in [4.69, 9.17) is 0 Å². The first-order valence-electron chi connectivity index (χ1n) is 13.5. The zero-order valence-electron chi connectivity index (χ0n) is 22.5. The Morgan fingerprint density at radius 2 is 1.62 bits per heavy atom. The fourth-order valence-corrected chi connectivity index (χ4v) is 7.71. The van der Waals surface area contributed by atoms with Gasteiger partial charge in [-0.3, -0.25) is 14.4 Å². The number of aryl methyl sites for hydroxylation is 2. The van der Waals surface area contributed by atoms with Crippen LogP contribution < -0.4 is 10.2 Å². The van der Waals surface area contributed by atoms with Gasteiger partial charge in [0.1, 0.15) is 11.5 Å². The number of amides is 1. The van der Waals surface area contributed by atoms with Gasteiger partial charge in [-0.1, -0.05) is 71.8 Å². The zero-order valence-corrected chi connectivity index (χ0v) is 23.3. The highest BCUT2D eigenvalue weighted by Crippen LogP contribution is 2.59. The third-order valence-electron chi connectivity index (χ3n) is 8.78.